The zero-order valence-electron chi connectivity index (χ0n) is 76.3. The Morgan fingerprint density at radius 1 is 0.414 bits per heavy atom. The number of carbonyl (C=O) groups excluding carboxylic acids is 4. The number of carboxylic acids is 1. The third-order valence-corrected chi connectivity index (χ3v) is 22.9. The summed E-state index contributed by atoms with van der Waals surface area (Å²) < 4.78 is 37.0. The molecule has 0 aliphatic carbocycles. The highest BCUT2D eigenvalue weighted by Crippen LogP contribution is 2.37. The number of nitrogens with two attached hydrogens (primary N) is 3. The molecule has 0 radical (unpaired) electrons. The summed E-state index contributed by atoms with van der Waals surface area (Å²) in [5, 5.41) is 18.4. The first-order chi connectivity index (χ1) is 64.6. The van der Waals surface area contributed by atoms with Crippen molar-refractivity contribution in [3.63, 3.8) is 0 Å². The average Bonchev–Trinajstić information content (AvgIpc) is 1.69. The van der Waals surface area contributed by atoms with Crippen LogP contribution in [0.5, 0.6) is 0 Å². The molecule has 1 unspecified atom stereocenters. The molecule has 26 nitrogen and oxygen atoms in total. The molecule has 1 saturated heterocycles. The smallest absolute Gasteiger partial charge is 0.306 e. The fourth-order valence-electron chi connectivity index (χ4n) is 16.2. The second-order valence-electron chi connectivity index (χ2n) is 32.0. The van der Waals surface area contributed by atoms with Gasteiger partial charge in [0.2, 0.25) is 5.91 Å². The number of carboxylic acid groups (broad SMARTS) is 1. The Bertz CT molecular complexity index is 6590. The molecular formula is C107H112N16O10. The van der Waals surface area contributed by atoms with Crippen molar-refractivity contribution in [1.82, 2.24) is 56.5 Å². The Balaban J connectivity index is 0.000000147. The van der Waals surface area contributed by atoms with Gasteiger partial charge in [0.1, 0.15) is 0 Å². The van der Waals surface area contributed by atoms with E-state index in [0.717, 1.165) is 153 Å². The number of carbonyl (C=O) groups is 5. The molecular weight excluding hydrogens is 1670 g/mol. The topological polar surface area (TPSA) is 335 Å². The molecule has 1 atom stereocenters. The van der Waals surface area contributed by atoms with Crippen LogP contribution in [-0.2, 0) is 76.9 Å². The molecule has 17 rings (SSSR count). The van der Waals surface area contributed by atoms with E-state index in [1.165, 1.54) is 12.8 Å². The molecule has 1 aliphatic heterocycles. The van der Waals surface area contributed by atoms with E-state index in [9.17, 15) is 34.3 Å². The lowest BCUT2D eigenvalue weighted by Gasteiger charge is -2.17. The lowest BCUT2D eigenvalue weighted by atomic mass is 10.1. The normalized spacial score (nSPS) is 11.9. The van der Waals surface area contributed by atoms with Crippen molar-refractivity contribution in [1.29, 1.82) is 5.26 Å². The second-order valence-corrected chi connectivity index (χ2v) is 32.0. The summed E-state index contributed by atoms with van der Waals surface area (Å²) in [7, 11) is 0. The zero-order chi connectivity index (χ0) is 93.9. The molecule has 0 bridgehead atoms. The monoisotopic (exact) mass is 1780 g/mol. The molecule has 133 heavy (non-hydrogen) atoms. The molecule has 7 N–H and O–H groups in total. The molecule has 9 heterocycles. The number of amides is 1. The lowest BCUT2D eigenvalue weighted by Crippen LogP contribution is -2.12. The van der Waals surface area contributed by atoms with Crippen LogP contribution in [0.25, 0.3) is 90.5 Å². The molecule has 1 aliphatic rings. The molecule has 1 fully saturated rings. The van der Waals surface area contributed by atoms with Gasteiger partial charge < -0.3 is 77.8 Å². The second kappa shape index (κ2) is 46.1. The van der Waals surface area contributed by atoms with E-state index < -0.39 is 11.9 Å². The molecule has 16 aromatic rings. The maximum Gasteiger partial charge on any atom is 0.306 e. The van der Waals surface area contributed by atoms with Crippen LogP contribution >= 0.6 is 0 Å². The summed E-state index contributed by atoms with van der Waals surface area (Å²) in [6.07, 6.45) is 28.0. The summed E-state index contributed by atoms with van der Waals surface area (Å²) in [4.78, 5) is 75.2. The van der Waals surface area contributed by atoms with Gasteiger partial charge in [0.25, 0.3) is 0 Å². The molecule has 8 aromatic carbocycles. The Kier molecular flexibility index (Phi) is 33.0. The van der Waals surface area contributed by atoms with Crippen LogP contribution < -0.4 is 17.2 Å². The zero-order valence-corrected chi connectivity index (χ0v) is 76.3. The SMILES string of the molecule is CC1CCCO1.CCOC(=O)CCc1ccc(-c2ccc(-n3ccnc3)cc2)n1-c1ccc(C#N)cc1C.CCOC(=O)CCc1ccc(-c2ccc(-n3ccnc3)cc2)n1-c1ccc(C(N)=O)cc1C.CCOC(=O)CCc1ccc(-c2ccc(-n3ccnc3)cc2)n1-c1ccc(CN)cc1C.Cc1cc(CN)ccc1-n1c(CCC(=O)O)ccc1-c1ccc(-n2ccnc2)cc1. The number of ether oxygens (including phenoxy) is 4. The first-order valence-electron chi connectivity index (χ1n) is 44.6. The predicted molar refractivity (Wildman–Crippen MR) is 517 cm³/mol. The van der Waals surface area contributed by atoms with E-state index in [-0.39, 0.29) is 30.7 Å². The Hall–Kier alpha value is -15.6. The van der Waals surface area contributed by atoms with Crippen LogP contribution in [-0.4, -0.2) is 124 Å². The molecule has 680 valence electrons. The van der Waals surface area contributed by atoms with Gasteiger partial charge >= 0.3 is 23.9 Å². The van der Waals surface area contributed by atoms with Gasteiger partial charge in [-0.15, -0.1) is 0 Å². The minimum absolute atomic E-state index is 0.0863. The first-order valence-corrected chi connectivity index (χ1v) is 44.6. The van der Waals surface area contributed by atoms with E-state index in [0.29, 0.717) is 88.7 Å². The number of aliphatic carboxylic acids is 1. The van der Waals surface area contributed by atoms with Crippen molar-refractivity contribution in [2.24, 2.45) is 17.2 Å². The van der Waals surface area contributed by atoms with Crippen LogP contribution in [0.4, 0.5) is 0 Å². The van der Waals surface area contributed by atoms with Crippen LogP contribution in [0, 0.1) is 39.0 Å². The minimum Gasteiger partial charge on any atom is -0.481 e. The molecule has 8 aromatic heterocycles. The highest BCUT2D eigenvalue weighted by molar-refractivity contribution is 5.93. The number of imidazole rings is 4. The number of hydrogen-bond donors (Lipinski definition) is 4. The van der Waals surface area contributed by atoms with E-state index in [1.54, 1.807) is 69.2 Å². The highest BCUT2D eigenvalue weighted by Gasteiger charge is 2.23. The quantitative estimate of drug-likeness (QED) is 0.0240. The first kappa shape index (κ1) is 95.0. The number of primary amides is 1. The average molecular weight is 1780 g/mol. The number of hydrogen-bond acceptors (Lipinski definition) is 16. The van der Waals surface area contributed by atoms with Crippen molar-refractivity contribution >= 4 is 29.8 Å². The van der Waals surface area contributed by atoms with E-state index >= 15 is 0 Å². The van der Waals surface area contributed by atoms with Crippen LogP contribution in [0.3, 0.4) is 0 Å². The summed E-state index contributed by atoms with van der Waals surface area (Å²) in [6.45, 7) is 18.8. The van der Waals surface area contributed by atoms with Crippen LogP contribution in [0.2, 0.25) is 0 Å². The van der Waals surface area contributed by atoms with Gasteiger partial charge in [-0.1, -0.05) is 72.8 Å². The van der Waals surface area contributed by atoms with Crippen LogP contribution in [0.1, 0.15) is 138 Å². The molecule has 1 amide bonds. The molecule has 0 saturated carbocycles. The maximum absolute atomic E-state index is 12.0. The number of nitriles is 1. The molecule has 26 heteroatoms. The van der Waals surface area contributed by atoms with E-state index in [2.05, 4.69) is 211 Å². The van der Waals surface area contributed by atoms with Crippen molar-refractivity contribution in [3.05, 3.63) is 361 Å². The third-order valence-electron chi connectivity index (χ3n) is 22.9. The van der Waals surface area contributed by atoms with Gasteiger partial charge in [-0.05, 0) is 295 Å². The lowest BCUT2D eigenvalue weighted by molar-refractivity contribution is -0.144. The van der Waals surface area contributed by atoms with Crippen molar-refractivity contribution < 1.29 is 48.0 Å². The Morgan fingerprint density at radius 3 is 0.962 bits per heavy atom. The number of aryl methyl sites for hydroxylation is 8. The minimum atomic E-state index is -0.802. The fraction of sp³-hybridized carbons (Fsp3) is 0.234. The Labute approximate surface area is 774 Å². The number of rotatable bonds is 30. The highest BCUT2D eigenvalue weighted by atomic mass is 16.5. The van der Waals surface area contributed by atoms with Gasteiger partial charge in [-0.2, -0.15) is 5.26 Å². The van der Waals surface area contributed by atoms with Gasteiger partial charge in [0.15, 0.2) is 0 Å². The number of nitrogens with zero attached hydrogens (tertiary/aromatic N) is 13. The van der Waals surface area contributed by atoms with Gasteiger partial charge in [-0.25, -0.2) is 19.9 Å². The summed E-state index contributed by atoms with van der Waals surface area (Å²) in [6, 6.07) is 75.3. The third kappa shape index (κ3) is 24.3. The van der Waals surface area contributed by atoms with Crippen molar-refractivity contribution in [3.8, 4) is 96.6 Å². The standard InChI is InChI=1S/C26H26N4O3.C26H28N4O2.C26H24N4O2.C24H24N4O2.C5H10O/c1-3-33-25(31)13-10-22-9-12-24(19-4-7-21(8-5-19)29-15-14-28-17-29)30(22)23-11-6-20(26(27)32)16-18(23)2;2*1-3-32-26(31)13-10-23-9-12-25(30(23)24-11-4-20(17-27)16-19(24)2)21-5-7-22(8-6-21)29-15-14-28-18-29;1-17-14-18(15-25)2-9-22(17)28-21(8-11-24(29)30)7-10-23(28)19-3-5-20(6-4-19)27-13-12-26-16-27;1-5-3-2-4-6-5/h4-9,11-12,14-17H,3,10,13H2,1-2H3,(H2,27,32);4-9,11-12,14-16,18H,3,10,13,17,27H2,1-2H3;4-9,11-12,14-16,18H,3,10,13H2,1-2H3;2-7,9-10,12-14,16H,8,11,15,25H2,1H3,(H,29,30);5H,2-4H2,1H3. The predicted octanol–water partition coefficient (Wildman–Crippen LogP) is 19.1. The van der Waals surface area contributed by atoms with Gasteiger partial charge in [0, 0.05) is 143 Å². The number of aromatic nitrogens is 12. The summed E-state index contributed by atoms with van der Waals surface area (Å²) in [5.74, 6) is -1.87. The van der Waals surface area contributed by atoms with Gasteiger partial charge in [-0.3, -0.25) is 24.0 Å². The van der Waals surface area contributed by atoms with E-state index in [1.807, 2.05) is 131 Å². The number of benzene rings is 8. The number of esters is 3. The summed E-state index contributed by atoms with van der Waals surface area (Å²) in [5.41, 5.74) is 45.0. The van der Waals surface area contributed by atoms with Crippen molar-refractivity contribution in [2.75, 3.05) is 26.4 Å². The van der Waals surface area contributed by atoms with E-state index in [4.69, 9.17) is 36.1 Å². The van der Waals surface area contributed by atoms with Crippen molar-refractivity contribution in [2.45, 2.75) is 139 Å². The Morgan fingerprint density at radius 2 is 0.722 bits per heavy atom. The molecule has 0 spiro atoms. The largest absolute Gasteiger partial charge is 0.481 e. The van der Waals surface area contributed by atoms with Gasteiger partial charge in [0.05, 0.1) is 111 Å². The maximum atomic E-state index is 12.0. The fourth-order valence-corrected chi connectivity index (χ4v) is 16.2. The van der Waals surface area contributed by atoms with Crippen LogP contribution in [0.15, 0.2) is 293 Å². The summed E-state index contributed by atoms with van der Waals surface area (Å²) >= 11 is 0.